The molecule has 2 saturated heterocycles. The zero-order valence-corrected chi connectivity index (χ0v) is 19.3. The van der Waals surface area contributed by atoms with Gasteiger partial charge in [0.2, 0.25) is 0 Å². The second kappa shape index (κ2) is 9.55. The molecule has 4 rings (SSSR count). The van der Waals surface area contributed by atoms with Crippen molar-refractivity contribution in [1.29, 1.82) is 0 Å². The zero-order valence-electron chi connectivity index (χ0n) is 17.0. The molecule has 2 aromatic carbocycles. The molecule has 5 nitrogen and oxygen atoms in total. The summed E-state index contributed by atoms with van der Waals surface area (Å²) in [7, 11) is -1.83. The molecule has 8 heteroatoms. The van der Waals surface area contributed by atoms with Crippen LogP contribution in [0.3, 0.4) is 0 Å². The van der Waals surface area contributed by atoms with E-state index in [2.05, 4.69) is 18.0 Å². The Hall–Kier alpha value is -1.15. The maximum atomic E-state index is 10.5. The van der Waals surface area contributed by atoms with Crippen LogP contribution in [0.15, 0.2) is 47.4 Å². The monoisotopic (exact) mass is 471 g/mol. The van der Waals surface area contributed by atoms with Gasteiger partial charge in [0.05, 0.1) is 14.9 Å². The third-order valence-electron chi connectivity index (χ3n) is 6.33. The van der Waals surface area contributed by atoms with Crippen molar-refractivity contribution in [3.63, 3.8) is 0 Å². The van der Waals surface area contributed by atoms with Gasteiger partial charge in [-0.2, -0.15) is 8.42 Å². The minimum absolute atomic E-state index is 0.0666. The van der Waals surface area contributed by atoms with Crippen molar-refractivity contribution in [2.24, 2.45) is 5.92 Å². The van der Waals surface area contributed by atoms with Crippen LogP contribution in [0.5, 0.6) is 0 Å². The predicted molar refractivity (Wildman–Crippen MR) is 120 cm³/mol. The molecule has 2 N–H and O–H groups in total. The van der Waals surface area contributed by atoms with Gasteiger partial charge < -0.3 is 10.0 Å². The van der Waals surface area contributed by atoms with E-state index in [4.69, 9.17) is 27.8 Å². The first-order chi connectivity index (χ1) is 14.1. The van der Waals surface area contributed by atoms with Crippen molar-refractivity contribution in [3.05, 3.63) is 63.6 Å². The summed E-state index contributed by atoms with van der Waals surface area (Å²) < 4.78 is 29.6. The molecule has 2 aliphatic heterocycles. The average molecular weight is 472 g/mol. The van der Waals surface area contributed by atoms with Gasteiger partial charge in [0.25, 0.3) is 10.1 Å². The van der Waals surface area contributed by atoms with E-state index < -0.39 is 10.1 Å². The van der Waals surface area contributed by atoms with E-state index in [-0.39, 0.29) is 11.5 Å². The lowest BCUT2D eigenvalue weighted by atomic mass is 9.76. The Morgan fingerprint density at radius 1 is 1.07 bits per heavy atom. The summed E-state index contributed by atoms with van der Waals surface area (Å²) in [5.41, 5.74) is 2.18. The lowest BCUT2D eigenvalue weighted by Crippen LogP contribution is -2.47. The average Bonchev–Trinajstić information content (AvgIpc) is 2.93. The van der Waals surface area contributed by atoms with Gasteiger partial charge in [-0.05, 0) is 69.0 Å². The van der Waals surface area contributed by atoms with Crippen LogP contribution in [0.25, 0.3) is 0 Å². The number of rotatable bonds is 3. The van der Waals surface area contributed by atoms with Crippen molar-refractivity contribution >= 4 is 33.3 Å². The molecule has 0 amide bonds. The van der Waals surface area contributed by atoms with Crippen molar-refractivity contribution in [3.8, 4) is 0 Å². The fourth-order valence-electron chi connectivity index (χ4n) is 4.66. The van der Waals surface area contributed by atoms with Crippen LogP contribution in [0, 0.1) is 12.8 Å². The molecule has 2 aliphatic rings. The van der Waals surface area contributed by atoms with E-state index in [0.717, 1.165) is 12.0 Å². The quantitative estimate of drug-likeness (QED) is 0.628. The molecule has 2 fully saturated rings. The van der Waals surface area contributed by atoms with Gasteiger partial charge in [0.15, 0.2) is 0 Å². The van der Waals surface area contributed by atoms with E-state index >= 15 is 0 Å². The Kier molecular flexibility index (Phi) is 7.49. The largest absolute Gasteiger partial charge is 0.396 e. The maximum Gasteiger partial charge on any atom is 0.294 e. The summed E-state index contributed by atoms with van der Waals surface area (Å²) >= 11 is 12.1. The highest BCUT2D eigenvalue weighted by Crippen LogP contribution is 2.46. The fraction of sp³-hybridized carbons (Fsp3) is 0.455. The number of benzene rings is 2. The number of aryl methyl sites for hydroxylation is 1. The molecule has 0 radical (unpaired) electrons. The number of fused-ring (bicyclic) bond motifs is 2. The second-order valence-electron chi connectivity index (χ2n) is 8.11. The van der Waals surface area contributed by atoms with Crippen LogP contribution < -0.4 is 0 Å². The highest BCUT2D eigenvalue weighted by Gasteiger charge is 2.45. The van der Waals surface area contributed by atoms with Gasteiger partial charge in [-0.25, -0.2) is 0 Å². The highest BCUT2D eigenvalue weighted by atomic mass is 35.5. The summed E-state index contributed by atoms with van der Waals surface area (Å²) in [5.74, 6) is 0.703. The molecule has 0 aromatic heterocycles. The summed E-state index contributed by atoms with van der Waals surface area (Å²) in [6.07, 6.45) is 3.55. The summed E-state index contributed by atoms with van der Waals surface area (Å²) in [6.45, 7) is 2.08. The van der Waals surface area contributed by atoms with Gasteiger partial charge >= 0.3 is 0 Å². The first-order valence-electron chi connectivity index (χ1n) is 9.93. The summed E-state index contributed by atoms with van der Waals surface area (Å²) in [5, 5.41) is 11.0. The standard InChI is InChI=1S/C15H19Cl2NO.C7H8O3S/c1-18-10-3-5-15(18)12(8-19)11(7-10)9-2-4-13(16)14(17)6-9;1-6-2-4-7(5-3-6)11(8,9)10/h2,4,6,10-12,15,19H,3,5,7-8H2,1H3;2-5H,1H3,(H,8,9,10)/t10?,11-,12-,15-;/m1./s1. The van der Waals surface area contributed by atoms with E-state index in [1.807, 2.05) is 19.1 Å². The van der Waals surface area contributed by atoms with Crippen LogP contribution in [-0.2, 0) is 10.1 Å². The van der Waals surface area contributed by atoms with Crippen LogP contribution in [0.1, 0.15) is 36.3 Å². The van der Waals surface area contributed by atoms with E-state index in [0.29, 0.717) is 34.0 Å². The fourth-order valence-corrected chi connectivity index (χ4v) is 5.45. The Morgan fingerprint density at radius 2 is 1.73 bits per heavy atom. The Bertz CT molecular complexity index is 981. The number of nitrogens with zero attached hydrogens (tertiary/aromatic N) is 1. The lowest BCUT2D eigenvalue weighted by Gasteiger charge is -2.42. The number of halogens is 2. The number of aliphatic hydroxyl groups excluding tert-OH is 1. The summed E-state index contributed by atoms with van der Waals surface area (Å²) in [4.78, 5) is 2.39. The highest BCUT2D eigenvalue weighted by molar-refractivity contribution is 7.85. The molecule has 2 aromatic rings. The van der Waals surface area contributed by atoms with Crippen molar-refractivity contribution in [1.82, 2.24) is 4.90 Å². The molecule has 0 aliphatic carbocycles. The third kappa shape index (κ3) is 5.18. The SMILES string of the molecule is CN1C2CC[C@@H]1[C@H](CO)[C@@H](c1ccc(Cl)c(Cl)c1)C2.Cc1ccc(S(=O)(=O)O)cc1. The van der Waals surface area contributed by atoms with Gasteiger partial charge in [-0.3, -0.25) is 4.55 Å². The molecule has 2 bridgehead atoms. The Morgan fingerprint density at radius 3 is 2.30 bits per heavy atom. The van der Waals surface area contributed by atoms with Crippen LogP contribution >= 0.6 is 23.2 Å². The topological polar surface area (TPSA) is 77.8 Å². The summed E-state index contributed by atoms with van der Waals surface area (Å²) in [6, 6.07) is 13.0. The van der Waals surface area contributed by atoms with Crippen molar-refractivity contribution in [2.75, 3.05) is 13.7 Å². The smallest absolute Gasteiger partial charge is 0.294 e. The molecule has 0 saturated carbocycles. The number of hydrogen-bond donors (Lipinski definition) is 2. The maximum absolute atomic E-state index is 10.5. The molecular formula is C22H27Cl2NO4S. The van der Waals surface area contributed by atoms with Crippen molar-refractivity contribution < 1.29 is 18.1 Å². The van der Waals surface area contributed by atoms with E-state index in [9.17, 15) is 13.5 Å². The normalized spacial score (nSPS) is 26.2. The minimum Gasteiger partial charge on any atom is -0.396 e. The second-order valence-corrected chi connectivity index (χ2v) is 10.4. The van der Waals surface area contributed by atoms with E-state index in [1.54, 1.807) is 12.1 Å². The van der Waals surface area contributed by atoms with Crippen molar-refractivity contribution in [2.45, 2.75) is 49.1 Å². The minimum atomic E-state index is -4.02. The first kappa shape index (κ1) is 23.5. The first-order valence-corrected chi connectivity index (χ1v) is 12.1. The van der Waals surface area contributed by atoms with Crippen LogP contribution in [-0.4, -0.2) is 48.7 Å². The number of hydrogen-bond acceptors (Lipinski definition) is 4. The molecule has 1 unspecified atom stereocenters. The van der Waals surface area contributed by atoms with Gasteiger partial charge in [0, 0.05) is 24.6 Å². The molecular weight excluding hydrogens is 445 g/mol. The van der Waals surface area contributed by atoms with Gasteiger partial charge in [-0.1, -0.05) is 47.0 Å². The predicted octanol–water partition coefficient (Wildman–Crippen LogP) is 4.79. The third-order valence-corrected chi connectivity index (χ3v) is 7.94. The van der Waals surface area contributed by atoms with Gasteiger partial charge in [-0.15, -0.1) is 0 Å². The zero-order chi connectivity index (χ0) is 22.1. The molecule has 164 valence electrons. The van der Waals surface area contributed by atoms with Gasteiger partial charge in [0.1, 0.15) is 0 Å². The van der Waals surface area contributed by atoms with E-state index in [1.165, 1.54) is 30.5 Å². The Labute approximate surface area is 188 Å². The number of piperidine rings is 1. The molecule has 4 atom stereocenters. The Balaban J connectivity index is 0.000000199. The van der Waals surface area contributed by atoms with Crippen LogP contribution in [0.4, 0.5) is 0 Å². The molecule has 30 heavy (non-hydrogen) atoms. The number of aliphatic hydroxyl groups is 1. The molecule has 0 spiro atoms. The van der Waals surface area contributed by atoms with Crippen LogP contribution in [0.2, 0.25) is 10.0 Å². The lowest BCUT2D eigenvalue weighted by molar-refractivity contribution is 0.0592. The molecule has 2 heterocycles.